The van der Waals surface area contributed by atoms with Gasteiger partial charge < -0.3 is 10.3 Å². The second-order valence-corrected chi connectivity index (χ2v) is 10.2. The van der Waals surface area contributed by atoms with Crippen molar-refractivity contribution in [3.8, 4) is 11.4 Å². The molecule has 0 saturated carbocycles. The molecule has 3 aromatic rings. The van der Waals surface area contributed by atoms with Gasteiger partial charge in [0, 0.05) is 23.7 Å². The summed E-state index contributed by atoms with van der Waals surface area (Å²) in [4.78, 5) is 0.177. The molecule has 7 nitrogen and oxygen atoms in total. The van der Waals surface area contributed by atoms with Crippen molar-refractivity contribution < 1.29 is 8.42 Å². The van der Waals surface area contributed by atoms with Crippen molar-refractivity contribution in [1.29, 1.82) is 0 Å². The zero-order valence-electron chi connectivity index (χ0n) is 17.5. The van der Waals surface area contributed by atoms with Crippen LogP contribution in [0.2, 0.25) is 5.02 Å². The Kier molecular flexibility index (Phi) is 6.21. The monoisotopic (exact) mass is 447 g/mol. The van der Waals surface area contributed by atoms with E-state index in [0.29, 0.717) is 41.0 Å². The van der Waals surface area contributed by atoms with Crippen LogP contribution in [0.25, 0.3) is 11.4 Å². The summed E-state index contributed by atoms with van der Waals surface area (Å²) in [5, 5.41) is 8.78. The number of hydrogen-bond donors (Lipinski definition) is 2. The minimum Gasteiger partial charge on any atom is -0.329 e. The van der Waals surface area contributed by atoms with Crippen LogP contribution in [0.4, 0.5) is 5.69 Å². The molecule has 0 bridgehead atoms. The molecule has 0 unspecified atom stereocenters. The van der Waals surface area contributed by atoms with Crippen molar-refractivity contribution in [3.05, 3.63) is 58.9 Å². The Morgan fingerprint density at radius 2 is 1.77 bits per heavy atom. The van der Waals surface area contributed by atoms with E-state index < -0.39 is 10.0 Å². The van der Waals surface area contributed by atoms with Crippen LogP contribution in [-0.2, 0) is 22.0 Å². The van der Waals surface area contributed by atoms with Crippen molar-refractivity contribution in [2.24, 2.45) is 5.73 Å². The van der Waals surface area contributed by atoms with E-state index in [0.717, 1.165) is 5.56 Å². The van der Waals surface area contributed by atoms with Gasteiger partial charge in [-0.25, -0.2) is 8.42 Å². The van der Waals surface area contributed by atoms with E-state index in [4.69, 9.17) is 17.3 Å². The number of nitrogens with two attached hydrogens (primary N) is 1. The van der Waals surface area contributed by atoms with Gasteiger partial charge >= 0.3 is 0 Å². The van der Waals surface area contributed by atoms with Crippen LogP contribution in [0.1, 0.15) is 32.2 Å². The number of nitrogens with one attached hydrogen (secondary N) is 1. The number of nitrogens with zero attached hydrogens (tertiary/aromatic N) is 3. The normalized spacial score (nSPS) is 12.2. The number of aromatic nitrogens is 3. The first-order valence-corrected chi connectivity index (χ1v) is 11.4. The maximum atomic E-state index is 13.0. The van der Waals surface area contributed by atoms with Crippen LogP contribution in [0.15, 0.2) is 47.4 Å². The van der Waals surface area contributed by atoms with Gasteiger partial charge in [0.05, 0.1) is 10.6 Å². The largest absolute Gasteiger partial charge is 0.329 e. The van der Waals surface area contributed by atoms with E-state index >= 15 is 0 Å². The molecule has 1 aromatic heterocycles. The number of sulfonamides is 1. The minimum absolute atomic E-state index is 0.0655. The summed E-state index contributed by atoms with van der Waals surface area (Å²) < 4.78 is 30.6. The summed E-state index contributed by atoms with van der Waals surface area (Å²) in [5.74, 6) is 1.18. The Morgan fingerprint density at radius 3 is 2.37 bits per heavy atom. The van der Waals surface area contributed by atoms with Crippen LogP contribution in [0, 0.1) is 6.92 Å². The number of halogens is 1. The molecule has 0 aliphatic heterocycles. The molecule has 0 saturated heterocycles. The van der Waals surface area contributed by atoms with Crippen LogP contribution in [-0.4, -0.2) is 29.7 Å². The molecule has 9 heteroatoms. The lowest BCUT2D eigenvalue weighted by atomic mass is 9.87. The van der Waals surface area contributed by atoms with Gasteiger partial charge in [0.25, 0.3) is 10.0 Å². The standard InChI is InChI=1S/C21H26ClN5O2S/c1-14-24-25-20(27(14)12-11-23)18-13-16(22)7-10-19(18)26-30(28,29)17-8-5-15(6-9-17)21(2,3)4/h5-10,13,26H,11-12,23H2,1-4H3. The highest BCUT2D eigenvalue weighted by molar-refractivity contribution is 7.92. The van der Waals surface area contributed by atoms with Crippen LogP contribution in [0.5, 0.6) is 0 Å². The molecular formula is C21H26ClN5O2S. The Balaban J connectivity index is 2.01. The number of anilines is 1. The van der Waals surface area contributed by atoms with E-state index in [2.05, 4.69) is 35.7 Å². The van der Waals surface area contributed by atoms with E-state index in [1.165, 1.54) is 0 Å². The molecule has 3 N–H and O–H groups in total. The fraction of sp³-hybridized carbons (Fsp3) is 0.333. The van der Waals surface area contributed by atoms with Gasteiger partial charge in [-0.05, 0) is 48.2 Å². The highest BCUT2D eigenvalue weighted by Crippen LogP contribution is 2.32. The number of aryl methyl sites for hydroxylation is 1. The molecule has 0 aliphatic rings. The molecule has 0 spiro atoms. The van der Waals surface area contributed by atoms with E-state index in [9.17, 15) is 8.42 Å². The minimum atomic E-state index is -3.81. The Morgan fingerprint density at radius 1 is 1.10 bits per heavy atom. The van der Waals surface area contributed by atoms with Crippen molar-refractivity contribution >= 4 is 27.3 Å². The quantitative estimate of drug-likeness (QED) is 0.595. The molecule has 0 radical (unpaired) electrons. The SMILES string of the molecule is Cc1nnc(-c2cc(Cl)ccc2NS(=O)(=O)c2ccc(C(C)(C)C)cc2)n1CCN. The van der Waals surface area contributed by atoms with Crippen molar-refractivity contribution in [2.45, 2.75) is 44.6 Å². The first-order valence-electron chi connectivity index (χ1n) is 9.56. The lowest BCUT2D eigenvalue weighted by Gasteiger charge is -2.19. The van der Waals surface area contributed by atoms with Gasteiger partial charge in [0.15, 0.2) is 5.82 Å². The second kappa shape index (κ2) is 8.37. The third-order valence-corrected chi connectivity index (χ3v) is 6.40. The highest BCUT2D eigenvalue weighted by Gasteiger charge is 2.21. The first-order chi connectivity index (χ1) is 14.0. The first kappa shape index (κ1) is 22.3. The van der Waals surface area contributed by atoms with E-state index in [-0.39, 0.29) is 10.3 Å². The molecule has 2 aromatic carbocycles. The van der Waals surface area contributed by atoms with Gasteiger partial charge in [0.1, 0.15) is 5.82 Å². The third-order valence-electron chi connectivity index (χ3n) is 4.79. The van der Waals surface area contributed by atoms with Crippen molar-refractivity contribution in [2.75, 3.05) is 11.3 Å². The maximum absolute atomic E-state index is 13.0. The maximum Gasteiger partial charge on any atom is 0.261 e. The van der Waals surface area contributed by atoms with Crippen molar-refractivity contribution in [3.63, 3.8) is 0 Å². The van der Waals surface area contributed by atoms with Gasteiger partial charge in [-0.1, -0.05) is 44.5 Å². The number of rotatable bonds is 6. The smallest absolute Gasteiger partial charge is 0.261 e. The molecular weight excluding hydrogens is 422 g/mol. The summed E-state index contributed by atoms with van der Waals surface area (Å²) in [5.41, 5.74) is 7.60. The third kappa shape index (κ3) is 4.66. The van der Waals surface area contributed by atoms with Gasteiger partial charge in [0.2, 0.25) is 0 Å². The topological polar surface area (TPSA) is 103 Å². The molecule has 1 heterocycles. The second-order valence-electron chi connectivity index (χ2n) is 8.08. The highest BCUT2D eigenvalue weighted by atomic mass is 35.5. The predicted molar refractivity (Wildman–Crippen MR) is 120 cm³/mol. The van der Waals surface area contributed by atoms with Gasteiger partial charge in [-0.2, -0.15) is 0 Å². The Labute approximate surface area is 182 Å². The zero-order chi connectivity index (χ0) is 22.1. The molecule has 0 atom stereocenters. The number of benzene rings is 2. The van der Waals surface area contributed by atoms with Crippen molar-refractivity contribution in [1.82, 2.24) is 14.8 Å². The van der Waals surface area contributed by atoms with Crippen LogP contribution in [0.3, 0.4) is 0 Å². The lowest BCUT2D eigenvalue weighted by Crippen LogP contribution is -2.16. The molecule has 0 fully saturated rings. The summed E-state index contributed by atoms with van der Waals surface area (Å²) in [6.45, 7) is 8.95. The van der Waals surface area contributed by atoms with E-state index in [1.807, 2.05) is 23.6 Å². The lowest BCUT2D eigenvalue weighted by molar-refractivity contribution is 0.587. The average molecular weight is 448 g/mol. The molecule has 0 amide bonds. The van der Waals surface area contributed by atoms with Gasteiger partial charge in [-0.3, -0.25) is 4.72 Å². The summed E-state index contributed by atoms with van der Waals surface area (Å²) >= 11 is 6.19. The fourth-order valence-corrected chi connectivity index (χ4v) is 4.36. The average Bonchev–Trinajstić information content (AvgIpc) is 3.03. The summed E-state index contributed by atoms with van der Waals surface area (Å²) in [7, 11) is -3.81. The zero-order valence-corrected chi connectivity index (χ0v) is 19.0. The Bertz CT molecular complexity index is 1150. The summed E-state index contributed by atoms with van der Waals surface area (Å²) in [6, 6.07) is 11.8. The van der Waals surface area contributed by atoms with Crippen LogP contribution < -0.4 is 10.5 Å². The Hall–Kier alpha value is -2.42. The van der Waals surface area contributed by atoms with Gasteiger partial charge in [-0.15, -0.1) is 10.2 Å². The predicted octanol–water partition coefficient (Wildman–Crippen LogP) is 3.96. The molecule has 3 rings (SSSR count). The number of hydrogen-bond acceptors (Lipinski definition) is 5. The fourth-order valence-electron chi connectivity index (χ4n) is 3.11. The van der Waals surface area contributed by atoms with E-state index in [1.54, 1.807) is 30.3 Å². The molecule has 0 aliphatic carbocycles. The van der Waals surface area contributed by atoms with Crippen LogP contribution >= 0.6 is 11.6 Å². The summed E-state index contributed by atoms with van der Waals surface area (Å²) in [6.07, 6.45) is 0. The molecule has 30 heavy (non-hydrogen) atoms. The molecule has 160 valence electrons.